The van der Waals surface area contributed by atoms with E-state index in [2.05, 4.69) is 4.98 Å². The highest BCUT2D eigenvalue weighted by molar-refractivity contribution is 6.08. The van der Waals surface area contributed by atoms with Gasteiger partial charge in [0, 0.05) is 11.1 Å². The number of carbonyl (C=O) groups is 1. The van der Waals surface area contributed by atoms with Gasteiger partial charge in [0.15, 0.2) is 11.5 Å². The van der Waals surface area contributed by atoms with E-state index in [1.165, 1.54) is 51.7 Å². The predicted molar refractivity (Wildman–Crippen MR) is 104 cm³/mol. The maximum Gasteiger partial charge on any atom is 0.416 e. The van der Waals surface area contributed by atoms with Crippen molar-refractivity contribution in [2.75, 3.05) is 21.3 Å². The molecule has 0 fully saturated rings. The molecule has 0 spiro atoms. The van der Waals surface area contributed by atoms with Crippen molar-refractivity contribution in [1.29, 1.82) is 0 Å². The third-order valence-electron chi connectivity index (χ3n) is 4.42. The quantitative estimate of drug-likeness (QED) is 0.527. The monoisotopic (exact) mass is 417 g/mol. The zero-order chi connectivity index (χ0) is 21.9. The minimum absolute atomic E-state index is 0.127. The summed E-state index contributed by atoms with van der Waals surface area (Å²) in [5.41, 5.74) is 0.476. The molecule has 30 heavy (non-hydrogen) atoms. The number of ether oxygens (including phenoxy) is 3. The number of benzene rings is 2. The number of aromatic nitrogens is 1. The van der Waals surface area contributed by atoms with Gasteiger partial charge in [-0.1, -0.05) is 18.2 Å². The molecule has 0 radical (unpaired) electrons. The largest absolute Gasteiger partial charge is 0.493 e. The molecule has 0 unspecified atom stereocenters. The van der Waals surface area contributed by atoms with Crippen LogP contribution in [0.3, 0.4) is 0 Å². The Labute approximate surface area is 171 Å². The average molecular weight is 417 g/mol. The Bertz CT molecular complexity index is 1040. The maximum absolute atomic E-state index is 13.0. The van der Waals surface area contributed by atoms with Crippen molar-refractivity contribution >= 4 is 5.78 Å². The van der Waals surface area contributed by atoms with Gasteiger partial charge in [-0.05, 0) is 36.4 Å². The number of halogens is 3. The Balaban J connectivity index is 1.97. The molecule has 0 atom stereocenters. The lowest BCUT2D eigenvalue weighted by Gasteiger charge is -2.13. The van der Waals surface area contributed by atoms with Crippen molar-refractivity contribution in [2.45, 2.75) is 6.18 Å². The summed E-state index contributed by atoms with van der Waals surface area (Å²) >= 11 is 0. The van der Waals surface area contributed by atoms with Gasteiger partial charge < -0.3 is 14.2 Å². The van der Waals surface area contributed by atoms with Gasteiger partial charge in [-0.15, -0.1) is 0 Å². The fourth-order valence-electron chi connectivity index (χ4n) is 2.91. The standard InChI is InChI=1S/C22H18F3NO4/c1-28-18-11-14(12-19(29-2)21(18)30-3)20(27)17-6-4-5-16(26-17)13-7-9-15(10-8-13)22(23,24)25/h4-12H,1-3H3. The summed E-state index contributed by atoms with van der Waals surface area (Å²) in [5, 5.41) is 0. The first-order valence-electron chi connectivity index (χ1n) is 8.78. The van der Waals surface area contributed by atoms with Crippen molar-refractivity contribution in [1.82, 2.24) is 4.98 Å². The summed E-state index contributed by atoms with van der Waals surface area (Å²) in [7, 11) is 4.33. The smallest absolute Gasteiger partial charge is 0.416 e. The van der Waals surface area contributed by atoms with E-state index < -0.39 is 17.5 Å². The Morgan fingerprint density at radius 3 is 1.97 bits per heavy atom. The van der Waals surface area contributed by atoms with E-state index in [1.807, 2.05) is 0 Å². The summed E-state index contributed by atoms with van der Waals surface area (Å²) in [4.78, 5) is 17.3. The molecular formula is C22H18F3NO4. The van der Waals surface area contributed by atoms with Crippen LogP contribution in [-0.2, 0) is 6.18 Å². The summed E-state index contributed by atoms with van der Waals surface area (Å²) in [6.45, 7) is 0. The van der Waals surface area contributed by atoms with Gasteiger partial charge in [-0.25, -0.2) is 4.98 Å². The van der Waals surface area contributed by atoms with Crippen LogP contribution in [0.4, 0.5) is 13.2 Å². The van der Waals surface area contributed by atoms with Crippen LogP contribution in [0.25, 0.3) is 11.3 Å². The molecule has 2 aromatic carbocycles. The molecule has 1 heterocycles. The zero-order valence-electron chi connectivity index (χ0n) is 16.4. The minimum atomic E-state index is -4.42. The molecule has 0 amide bonds. The number of alkyl halides is 3. The Morgan fingerprint density at radius 2 is 1.47 bits per heavy atom. The molecule has 0 N–H and O–H groups in total. The van der Waals surface area contributed by atoms with E-state index >= 15 is 0 Å². The first kappa shape index (κ1) is 21.2. The van der Waals surface area contributed by atoms with Crippen molar-refractivity contribution in [2.24, 2.45) is 0 Å². The van der Waals surface area contributed by atoms with Crippen molar-refractivity contribution in [3.8, 4) is 28.5 Å². The lowest BCUT2D eigenvalue weighted by molar-refractivity contribution is -0.137. The number of carbonyl (C=O) groups excluding carboxylic acids is 1. The molecule has 3 aromatic rings. The van der Waals surface area contributed by atoms with E-state index in [0.717, 1.165) is 12.1 Å². The normalized spacial score (nSPS) is 11.1. The molecule has 0 aliphatic carbocycles. The molecule has 156 valence electrons. The van der Waals surface area contributed by atoms with Gasteiger partial charge >= 0.3 is 6.18 Å². The highest BCUT2D eigenvalue weighted by atomic mass is 19.4. The number of hydrogen-bond acceptors (Lipinski definition) is 5. The van der Waals surface area contributed by atoms with Crippen LogP contribution >= 0.6 is 0 Å². The van der Waals surface area contributed by atoms with Gasteiger partial charge in [0.2, 0.25) is 11.5 Å². The maximum atomic E-state index is 13.0. The van der Waals surface area contributed by atoms with Gasteiger partial charge in [-0.2, -0.15) is 13.2 Å². The molecule has 5 nitrogen and oxygen atoms in total. The number of nitrogens with zero attached hydrogens (tertiary/aromatic N) is 1. The average Bonchev–Trinajstić information content (AvgIpc) is 2.77. The highest BCUT2D eigenvalue weighted by Crippen LogP contribution is 2.38. The van der Waals surface area contributed by atoms with Crippen LogP contribution in [0.15, 0.2) is 54.6 Å². The number of pyridine rings is 1. The second-order valence-corrected chi connectivity index (χ2v) is 6.23. The molecule has 0 saturated carbocycles. The van der Waals surface area contributed by atoms with Crippen LogP contribution < -0.4 is 14.2 Å². The van der Waals surface area contributed by atoms with Crippen LogP contribution in [0.2, 0.25) is 0 Å². The fourth-order valence-corrected chi connectivity index (χ4v) is 2.91. The molecule has 1 aromatic heterocycles. The van der Waals surface area contributed by atoms with Crippen LogP contribution in [0.1, 0.15) is 21.6 Å². The number of rotatable bonds is 6. The molecule has 0 saturated heterocycles. The topological polar surface area (TPSA) is 57.7 Å². The lowest BCUT2D eigenvalue weighted by Crippen LogP contribution is -2.07. The van der Waals surface area contributed by atoms with E-state index in [0.29, 0.717) is 28.5 Å². The molecular weight excluding hydrogens is 399 g/mol. The first-order chi connectivity index (χ1) is 14.3. The van der Waals surface area contributed by atoms with E-state index in [1.54, 1.807) is 12.1 Å². The predicted octanol–water partition coefficient (Wildman–Crippen LogP) is 5.02. The molecule has 3 rings (SSSR count). The van der Waals surface area contributed by atoms with E-state index in [-0.39, 0.29) is 11.3 Å². The molecule has 0 bridgehead atoms. The SMILES string of the molecule is COc1cc(C(=O)c2cccc(-c3ccc(C(F)(F)F)cc3)n2)cc(OC)c1OC. The van der Waals surface area contributed by atoms with E-state index in [9.17, 15) is 18.0 Å². The third kappa shape index (κ3) is 4.22. The van der Waals surface area contributed by atoms with Crippen LogP contribution in [0.5, 0.6) is 17.2 Å². The molecule has 8 heteroatoms. The Kier molecular flexibility index (Phi) is 5.96. The van der Waals surface area contributed by atoms with Crippen LogP contribution in [-0.4, -0.2) is 32.1 Å². The molecule has 0 aliphatic rings. The highest BCUT2D eigenvalue weighted by Gasteiger charge is 2.30. The second-order valence-electron chi connectivity index (χ2n) is 6.23. The zero-order valence-corrected chi connectivity index (χ0v) is 16.4. The number of hydrogen-bond donors (Lipinski definition) is 0. The Morgan fingerprint density at radius 1 is 0.867 bits per heavy atom. The van der Waals surface area contributed by atoms with Gasteiger partial charge in [0.1, 0.15) is 5.69 Å². The second kappa shape index (κ2) is 8.44. The first-order valence-corrected chi connectivity index (χ1v) is 8.78. The lowest BCUT2D eigenvalue weighted by atomic mass is 10.0. The Hall–Kier alpha value is -3.55. The minimum Gasteiger partial charge on any atom is -0.493 e. The van der Waals surface area contributed by atoms with Gasteiger partial charge in [0.25, 0.3) is 0 Å². The third-order valence-corrected chi connectivity index (χ3v) is 4.42. The summed E-state index contributed by atoms with van der Waals surface area (Å²) < 4.78 is 54.1. The van der Waals surface area contributed by atoms with Crippen molar-refractivity contribution in [3.05, 3.63) is 71.4 Å². The fraction of sp³-hybridized carbons (Fsp3) is 0.182. The molecule has 0 aliphatic heterocycles. The van der Waals surface area contributed by atoms with Crippen molar-refractivity contribution < 1.29 is 32.2 Å². The van der Waals surface area contributed by atoms with Crippen LogP contribution in [0, 0.1) is 0 Å². The summed E-state index contributed by atoms with van der Waals surface area (Å²) in [6, 6.07) is 12.4. The van der Waals surface area contributed by atoms with Gasteiger partial charge in [-0.3, -0.25) is 4.79 Å². The summed E-state index contributed by atoms with van der Waals surface area (Å²) in [5.74, 6) is 0.587. The van der Waals surface area contributed by atoms with E-state index in [4.69, 9.17) is 14.2 Å². The number of methoxy groups -OCH3 is 3. The van der Waals surface area contributed by atoms with Crippen molar-refractivity contribution in [3.63, 3.8) is 0 Å². The number of ketones is 1. The van der Waals surface area contributed by atoms with Gasteiger partial charge in [0.05, 0.1) is 32.6 Å². The summed E-state index contributed by atoms with van der Waals surface area (Å²) in [6.07, 6.45) is -4.42.